The molecule has 20 heavy (non-hydrogen) atoms. The molecule has 0 amide bonds. The van der Waals surface area contributed by atoms with Crippen molar-refractivity contribution in [1.29, 1.82) is 0 Å². The number of rotatable bonds is 3. The summed E-state index contributed by atoms with van der Waals surface area (Å²) in [4.78, 5) is 0. The summed E-state index contributed by atoms with van der Waals surface area (Å²) in [5.41, 5.74) is 0.803. The summed E-state index contributed by atoms with van der Waals surface area (Å²) in [6.07, 6.45) is 0.818. The first kappa shape index (κ1) is 15.8. The van der Waals surface area contributed by atoms with Crippen LogP contribution in [0.2, 0.25) is 19.6 Å². The first-order chi connectivity index (χ1) is 9.01. The van der Waals surface area contributed by atoms with Gasteiger partial charge in [0.25, 0.3) is 0 Å². The molecule has 1 aromatic carbocycles. The van der Waals surface area contributed by atoms with Crippen LogP contribution in [-0.2, 0) is 15.6 Å². The lowest BCUT2D eigenvalue weighted by atomic mass is 9.81. The summed E-state index contributed by atoms with van der Waals surface area (Å²) >= 11 is 0. The molecule has 1 aliphatic heterocycles. The van der Waals surface area contributed by atoms with Crippen molar-refractivity contribution in [1.82, 2.24) is 0 Å². The standard InChI is InChI=1S/C16H27BO2Si/c1-15(2)16(3,4)19-17(18-15)12-13-8-10-14(11-9-13)20(5,6)7/h8-11H,12H2,1-7H3. The maximum Gasteiger partial charge on any atom is 0.462 e. The van der Waals surface area contributed by atoms with Gasteiger partial charge in [-0.3, -0.25) is 0 Å². The Morgan fingerprint density at radius 1 is 0.900 bits per heavy atom. The van der Waals surface area contributed by atoms with Gasteiger partial charge in [0.15, 0.2) is 0 Å². The minimum Gasteiger partial charge on any atom is -0.403 e. The van der Waals surface area contributed by atoms with Gasteiger partial charge >= 0.3 is 7.12 Å². The fourth-order valence-electron chi connectivity index (χ4n) is 2.38. The van der Waals surface area contributed by atoms with Crippen LogP contribution in [0, 0.1) is 0 Å². The molecule has 4 heteroatoms. The van der Waals surface area contributed by atoms with Crippen LogP contribution in [0.4, 0.5) is 0 Å². The number of hydrogen-bond donors (Lipinski definition) is 0. The van der Waals surface area contributed by atoms with Crippen molar-refractivity contribution in [2.75, 3.05) is 0 Å². The zero-order valence-electron chi connectivity index (χ0n) is 13.9. The minimum absolute atomic E-state index is 0.141. The Morgan fingerprint density at radius 3 is 1.75 bits per heavy atom. The Morgan fingerprint density at radius 2 is 1.35 bits per heavy atom. The maximum atomic E-state index is 6.05. The van der Waals surface area contributed by atoms with Gasteiger partial charge in [-0.2, -0.15) is 0 Å². The van der Waals surface area contributed by atoms with Crippen molar-refractivity contribution in [3.63, 3.8) is 0 Å². The summed E-state index contributed by atoms with van der Waals surface area (Å²) in [7, 11) is -1.35. The molecule has 0 saturated carbocycles. The lowest BCUT2D eigenvalue weighted by Gasteiger charge is -2.32. The second-order valence-electron chi connectivity index (χ2n) is 7.84. The molecule has 0 unspecified atom stereocenters. The van der Waals surface area contributed by atoms with Gasteiger partial charge in [0.1, 0.15) is 0 Å². The Hall–Kier alpha value is -0.578. The Labute approximate surface area is 125 Å². The highest BCUT2D eigenvalue weighted by atomic mass is 28.3. The summed E-state index contributed by atoms with van der Waals surface area (Å²) in [5.74, 6) is 0. The highest BCUT2D eigenvalue weighted by Gasteiger charge is 2.50. The quantitative estimate of drug-likeness (QED) is 0.794. The average Bonchev–Trinajstić information content (AvgIpc) is 2.46. The molecular weight excluding hydrogens is 263 g/mol. The number of benzene rings is 1. The van der Waals surface area contributed by atoms with E-state index >= 15 is 0 Å². The zero-order chi connectivity index (χ0) is 15.2. The monoisotopic (exact) mass is 290 g/mol. The number of hydrogen-bond acceptors (Lipinski definition) is 2. The van der Waals surface area contributed by atoms with Gasteiger partial charge in [-0.05, 0) is 27.7 Å². The van der Waals surface area contributed by atoms with Crippen LogP contribution >= 0.6 is 0 Å². The van der Waals surface area contributed by atoms with Crippen LogP contribution in [0.25, 0.3) is 0 Å². The molecule has 0 radical (unpaired) electrons. The Balaban J connectivity index is 2.06. The van der Waals surface area contributed by atoms with Crippen molar-refractivity contribution in [2.24, 2.45) is 0 Å². The summed E-state index contributed by atoms with van der Waals surface area (Å²) in [5, 5.41) is 1.50. The predicted octanol–water partition coefficient (Wildman–Crippen LogP) is 3.41. The second kappa shape index (κ2) is 5.01. The Bertz CT molecular complexity index is 458. The molecule has 1 saturated heterocycles. The molecule has 0 aliphatic carbocycles. The van der Waals surface area contributed by atoms with Crippen LogP contribution in [-0.4, -0.2) is 26.4 Å². The molecule has 0 atom stereocenters. The first-order valence-electron chi connectivity index (χ1n) is 7.46. The van der Waals surface area contributed by atoms with E-state index < -0.39 is 8.07 Å². The fourth-order valence-corrected chi connectivity index (χ4v) is 3.55. The second-order valence-corrected chi connectivity index (χ2v) is 12.9. The van der Waals surface area contributed by atoms with E-state index in [-0.39, 0.29) is 18.3 Å². The lowest BCUT2D eigenvalue weighted by Crippen LogP contribution is -2.41. The fraction of sp³-hybridized carbons (Fsp3) is 0.625. The highest BCUT2D eigenvalue weighted by Crippen LogP contribution is 2.37. The van der Waals surface area contributed by atoms with Crippen molar-refractivity contribution in [3.8, 4) is 0 Å². The average molecular weight is 290 g/mol. The minimum atomic E-state index is -1.21. The lowest BCUT2D eigenvalue weighted by molar-refractivity contribution is 0.00578. The van der Waals surface area contributed by atoms with E-state index in [2.05, 4.69) is 71.6 Å². The van der Waals surface area contributed by atoms with Crippen LogP contribution in [0.15, 0.2) is 24.3 Å². The summed E-state index contributed by atoms with van der Waals surface area (Å²) < 4.78 is 12.1. The third kappa shape index (κ3) is 3.18. The molecular formula is C16H27BO2Si. The molecule has 0 aromatic heterocycles. The topological polar surface area (TPSA) is 18.5 Å². The normalized spacial score (nSPS) is 21.2. The zero-order valence-corrected chi connectivity index (χ0v) is 14.9. The van der Waals surface area contributed by atoms with Crippen LogP contribution in [0.1, 0.15) is 33.3 Å². The Kier molecular flexibility index (Phi) is 3.96. The molecule has 0 N–H and O–H groups in total. The molecule has 1 fully saturated rings. The van der Waals surface area contributed by atoms with Crippen LogP contribution in [0.5, 0.6) is 0 Å². The molecule has 110 valence electrons. The molecule has 2 rings (SSSR count). The van der Waals surface area contributed by atoms with Crippen LogP contribution < -0.4 is 5.19 Å². The van der Waals surface area contributed by atoms with Gasteiger partial charge in [-0.15, -0.1) is 0 Å². The molecule has 1 aliphatic rings. The van der Waals surface area contributed by atoms with Crippen molar-refractivity contribution in [3.05, 3.63) is 29.8 Å². The SMILES string of the molecule is CC1(C)OB(Cc2ccc([Si](C)(C)C)cc2)OC1(C)C. The molecule has 0 bridgehead atoms. The van der Waals surface area contributed by atoms with E-state index in [1.54, 1.807) is 0 Å². The van der Waals surface area contributed by atoms with Crippen molar-refractivity contribution >= 4 is 20.4 Å². The third-order valence-electron chi connectivity index (χ3n) is 4.52. The first-order valence-corrected chi connectivity index (χ1v) is 11.0. The van der Waals surface area contributed by atoms with Gasteiger partial charge in [-0.1, -0.05) is 54.7 Å². The predicted molar refractivity (Wildman–Crippen MR) is 89.2 cm³/mol. The van der Waals surface area contributed by atoms with Crippen molar-refractivity contribution in [2.45, 2.75) is 64.9 Å². The molecule has 1 heterocycles. The van der Waals surface area contributed by atoms with E-state index in [1.165, 1.54) is 10.8 Å². The maximum absolute atomic E-state index is 6.05. The van der Waals surface area contributed by atoms with Gasteiger partial charge in [0.05, 0.1) is 19.3 Å². The van der Waals surface area contributed by atoms with Gasteiger partial charge in [-0.25, -0.2) is 0 Å². The largest absolute Gasteiger partial charge is 0.462 e. The van der Waals surface area contributed by atoms with Gasteiger partial charge in [0.2, 0.25) is 0 Å². The molecule has 0 spiro atoms. The van der Waals surface area contributed by atoms with Crippen molar-refractivity contribution < 1.29 is 9.31 Å². The van der Waals surface area contributed by atoms with E-state index in [9.17, 15) is 0 Å². The van der Waals surface area contributed by atoms with E-state index in [0.29, 0.717) is 0 Å². The van der Waals surface area contributed by atoms with Crippen LogP contribution in [0.3, 0.4) is 0 Å². The molecule has 1 aromatic rings. The smallest absolute Gasteiger partial charge is 0.403 e. The van der Waals surface area contributed by atoms with E-state index in [1.807, 2.05) is 0 Å². The highest BCUT2D eigenvalue weighted by molar-refractivity contribution is 6.88. The van der Waals surface area contributed by atoms with Gasteiger partial charge in [0, 0.05) is 6.32 Å². The summed E-state index contributed by atoms with van der Waals surface area (Å²) in [6, 6.07) is 8.98. The van der Waals surface area contributed by atoms with Gasteiger partial charge < -0.3 is 9.31 Å². The summed E-state index contributed by atoms with van der Waals surface area (Å²) in [6.45, 7) is 15.5. The van der Waals surface area contributed by atoms with E-state index in [0.717, 1.165) is 6.32 Å². The third-order valence-corrected chi connectivity index (χ3v) is 6.59. The molecule has 2 nitrogen and oxygen atoms in total. The van der Waals surface area contributed by atoms with E-state index in [4.69, 9.17) is 9.31 Å².